The molecule has 7 nitrogen and oxygen atoms in total. The van der Waals surface area contributed by atoms with Gasteiger partial charge in [-0.2, -0.15) is 0 Å². The molecule has 0 saturated carbocycles. The minimum Gasteiger partial charge on any atom is -0.354 e. The molecule has 0 radical (unpaired) electrons. The van der Waals surface area contributed by atoms with Crippen LogP contribution in [0.1, 0.15) is 32.8 Å². The molecule has 208 valence electrons. The van der Waals surface area contributed by atoms with Crippen molar-refractivity contribution in [2.75, 3.05) is 17.4 Å². The fraction of sp³-hybridized carbons (Fsp3) is 0.310. The van der Waals surface area contributed by atoms with Gasteiger partial charge in [0.25, 0.3) is 10.0 Å². The van der Waals surface area contributed by atoms with Crippen molar-refractivity contribution < 1.29 is 18.0 Å². The number of amides is 2. The zero-order valence-electron chi connectivity index (χ0n) is 22.2. The highest BCUT2D eigenvalue weighted by Gasteiger charge is 2.34. The maximum atomic E-state index is 14.0. The van der Waals surface area contributed by atoms with Crippen molar-refractivity contribution in [1.82, 2.24) is 10.2 Å². The number of nitrogens with zero attached hydrogens (tertiary/aromatic N) is 2. The van der Waals surface area contributed by atoms with Crippen molar-refractivity contribution in [3.8, 4) is 0 Å². The van der Waals surface area contributed by atoms with Crippen LogP contribution in [0.15, 0.2) is 83.8 Å². The predicted molar refractivity (Wildman–Crippen MR) is 156 cm³/mol. The molecule has 0 aliphatic heterocycles. The van der Waals surface area contributed by atoms with Crippen LogP contribution in [0, 0.1) is 5.92 Å². The van der Waals surface area contributed by atoms with Gasteiger partial charge in [0, 0.05) is 18.1 Å². The van der Waals surface area contributed by atoms with Crippen LogP contribution in [0.4, 0.5) is 5.69 Å². The number of anilines is 1. The van der Waals surface area contributed by atoms with Crippen molar-refractivity contribution in [3.05, 3.63) is 94.5 Å². The molecule has 0 unspecified atom stereocenters. The Balaban J connectivity index is 2.06. The minimum absolute atomic E-state index is 0.0112. The number of benzene rings is 3. The van der Waals surface area contributed by atoms with Crippen molar-refractivity contribution in [1.29, 1.82) is 0 Å². The van der Waals surface area contributed by atoms with Gasteiger partial charge in [-0.1, -0.05) is 92.5 Å². The summed E-state index contributed by atoms with van der Waals surface area (Å²) in [5.74, 6) is -0.673. The number of sulfonamides is 1. The largest absolute Gasteiger partial charge is 0.354 e. The van der Waals surface area contributed by atoms with E-state index in [2.05, 4.69) is 5.32 Å². The maximum absolute atomic E-state index is 14.0. The third-order valence-electron chi connectivity index (χ3n) is 6.10. The molecule has 0 aliphatic carbocycles. The number of carbonyl (C=O) groups is 2. The van der Waals surface area contributed by atoms with Crippen LogP contribution in [-0.2, 0) is 26.2 Å². The number of rotatable bonds is 12. The average molecular weight is 591 g/mol. The Kier molecular flexibility index (Phi) is 10.8. The first-order valence-corrected chi connectivity index (χ1v) is 14.9. The van der Waals surface area contributed by atoms with Gasteiger partial charge >= 0.3 is 0 Å². The van der Waals surface area contributed by atoms with E-state index in [1.165, 1.54) is 17.0 Å². The van der Waals surface area contributed by atoms with Crippen molar-refractivity contribution in [3.63, 3.8) is 0 Å². The molecule has 0 bridgehead atoms. The number of hydrogen-bond acceptors (Lipinski definition) is 4. The van der Waals surface area contributed by atoms with Crippen LogP contribution in [-0.4, -0.2) is 44.3 Å². The fourth-order valence-electron chi connectivity index (χ4n) is 4.04. The molecule has 2 amide bonds. The van der Waals surface area contributed by atoms with Crippen LogP contribution in [0.25, 0.3) is 0 Å². The first-order valence-electron chi connectivity index (χ1n) is 12.7. The molecule has 1 atom stereocenters. The molecule has 39 heavy (non-hydrogen) atoms. The monoisotopic (exact) mass is 589 g/mol. The second-order valence-corrected chi connectivity index (χ2v) is 12.1. The van der Waals surface area contributed by atoms with Crippen molar-refractivity contribution in [2.24, 2.45) is 5.92 Å². The summed E-state index contributed by atoms with van der Waals surface area (Å²) in [6, 6.07) is 20.5. The zero-order valence-corrected chi connectivity index (χ0v) is 24.5. The molecule has 10 heteroatoms. The van der Waals surface area contributed by atoms with Gasteiger partial charge in [-0.15, -0.1) is 0 Å². The standard InChI is InChI=1S/C29H33Cl2N3O4S/c1-4-26(29(36)32-18-21(2)3)33(19-22-12-8-9-15-24(22)30)28(35)20-34(27-17-11-10-16-25(27)31)39(37,38)23-13-6-5-7-14-23/h5-17,21,26H,4,18-20H2,1-3H3,(H,32,36)/t26-/m0/s1. The molecule has 0 saturated heterocycles. The Morgan fingerprint density at radius 3 is 2.05 bits per heavy atom. The Bertz CT molecular complexity index is 1380. The molecule has 0 spiro atoms. The van der Waals surface area contributed by atoms with E-state index >= 15 is 0 Å². The Morgan fingerprint density at radius 2 is 1.46 bits per heavy atom. The first kappa shape index (κ1) is 30.5. The SMILES string of the molecule is CC[C@@H](C(=O)NCC(C)C)N(Cc1ccccc1Cl)C(=O)CN(c1ccccc1Cl)S(=O)(=O)c1ccccc1. The van der Waals surface area contributed by atoms with Crippen LogP contribution >= 0.6 is 23.2 Å². The molecule has 3 rings (SSSR count). The molecule has 3 aromatic carbocycles. The third-order valence-corrected chi connectivity index (χ3v) is 8.56. The smallest absolute Gasteiger partial charge is 0.264 e. The Labute approximate surface area is 240 Å². The van der Waals surface area contributed by atoms with Gasteiger partial charge in [0.2, 0.25) is 11.8 Å². The second kappa shape index (κ2) is 13.8. The highest BCUT2D eigenvalue weighted by molar-refractivity contribution is 7.92. The quantitative estimate of drug-likeness (QED) is 0.290. The summed E-state index contributed by atoms with van der Waals surface area (Å²) >= 11 is 12.8. The molecule has 0 fully saturated rings. The summed E-state index contributed by atoms with van der Waals surface area (Å²) in [4.78, 5) is 28.7. The summed E-state index contributed by atoms with van der Waals surface area (Å²) in [6.45, 7) is 5.65. The lowest BCUT2D eigenvalue weighted by Crippen LogP contribution is -2.52. The lowest BCUT2D eigenvalue weighted by Gasteiger charge is -2.33. The maximum Gasteiger partial charge on any atom is 0.264 e. The lowest BCUT2D eigenvalue weighted by molar-refractivity contribution is -0.140. The number of para-hydroxylation sites is 1. The second-order valence-electron chi connectivity index (χ2n) is 9.45. The normalized spacial score (nSPS) is 12.2. The average Bonchev–Trinajstić information content (AvgIpc) is 2.92. The van der Waals surface area contributed by atoms with E-state index in [9.17, 15) is 18.0 Å². The van der Waals surface area contributed by atoms with Gasteiger partial charge in [-0.3, -0.25) is 13.9 Å². The summed E-state index contributed by atoms with van der Waals surface area (Å²) < 4.78 is 28.6. The van der Waals surface area contributed by atoms with E-state index in [4.69, 9.17) is 23.2 Å². The fourth-order valence-corrected chi connectivity index (χ4v) is 5.98. The highest BCUT2D eigenvalue weighted by atomic mass is 35.5. The Hall–Kier alpha value is -3.07. The number of carbonyl (C=O) groups excluding carboxylic acids is 2. The van der Waals surface area contributed by atoms with Crippen LogP contribution in [0.5, 0.6) is 0 Å². The topological polar surface area (TPSA) is 86.8 Å². The molecule has 1 N–H and O–H groups in total. The predicted octanol–water partition coefficient (Wildman–Crippen LogP) is 5.77. The van der Waals surface area contributed by atoms with Crippen molar-refractivity contribution in [2.45, 2.75) is 44.7 Å². The highest BCUT2D eigenvalue weighted by Crippen LogP contribution is 2.31. The summed E-state index contributed by atoms with van der Waals surface area (Å²) in [7, 11) is -4.19. The van der Waals surface area contributed by atoms with E-state index in [-0.39, 0.29) is 34.0 Å². The molecule has 3 aromatic rings. The van der Waals surface area contributed by atoms with E-state index in [0.717, 1.165) is 4.31 Å². The van der Waals surface area contributed by atoms with E-state index in [1.54, 1.807) is 73.7 Å². The Morgan fingerprint density at radius 1 is 0.872 bits per heavy atom. The molecule has 0 heterocycles. The van der Waals surface area contributed by atoms with Crippen molar-refractivity contribution >= 4 is 50.7 Å². The van der Waals surface area contributed by atoms with E-state index < -0.39 is 28.5 Å². The van der Waals surface area contributed by atoms with Crippen LogP contribution in [0.2, 0.25) is 10.0 Å². The molecular weight excluding hydrogens is 557 g/mol. The summed E-state index contributed by atoms with van der Waals surface area (Å²) in [5.41, 5.74) is 0.796. The first-order chi connectivity index (χ1) is 18.6. The van der Waals surface area contributed by atoms with Crippen LogP contribution < -0.4 is 9.62 Å². The van der Waals surface area contributed by atoms with Gasteiger partial charge in [0.05, 0.1) is 15.6 Å². The van der Waals surface area contributed by atoms with Crippen LogP contribution in [0.3, 0.4) is 0 Å². The van der Waals surface area contributed by atoms with Gasteiger partial charge in [0.15, 0.2) is 0 Å². The molecule has 0 aromatic heterocycles. The number of nitrogens with one attached hydrogen (secondary N) is 1. The van der Waals surface area contributed by atoms with E-state index in [1.807, 2.05) is 13.8 Å². The number of halogens is 2. The van der Waals surface area contributed by atoms with Gasteiger partial charge in [0.1, 0.15) is 12.6 Å². The van der Waals surface area contributed by atoms with E-state index in [0.29, 0.717) is 23.6 Å². The summed E-state index contributed by atoms with van der Waals surface area (Å²) in [6.07, 6.45) is 0.317. The molecular formula is C29H33Cl2N3O4S. The summed E-state index contributed by atoms with van der Waals surface area (Å²) in [5, 5.41) is 3.51. The number of hydrogen-bond donors (Lipinski definition) is 1. The minimum atomic E-state index is -4.19. The molecule has 0 aliphatic rings. The third kappa shape index (κ3) is 7.75. The zero-order chi connectivity index (χ0) is 28.6. The van der Waals surface area contributed by atoms with Gasteiger partial charge in [-0.05, 0) is 48.2 Å². The van der Waals surface area contributed by atoms with Gasteiger partial charge in [-0.25, -0.2) is 8.42 Å². The van der Waals surface area contributed by atoms with Gasteiger partial charge < -0.3 is 10.2 Å². The lowest BCUT2D eigenvalue weighted by atomic mass is 10.1.